The number of benzene rings is 2. The molecular formula is C23H30OSi. The Morgan fingerprint density at radius 3 is 2.00 bits per heavy atom. The van der Waals surface area contributed by atoms with Crippen molar-refractivity contribution < 1.29 is 4.43 Å². The largest absolute Gasteiger partial charge is 0.408 e. The van der Waals surface area contributed by atoms with Gasteiger partial charge in [-0.2, -0.15) is 0 Å². The minimum Gasteiger partial charge on any atom is -0.408 e. The standard InChI is InChI=1S/C23H30OSi/c1-4-24-25(20-13-7-5-8-14-20,21-15-9-6-10-16-21)23-18-12-11-17-22(23)19(2)3/h5-10,12-16,18-19,22-23H,4,11,17H2,1-3H3/t22-,23+/m1/s1. The number of rotatable bonds is 6. The maximum atomic E-state index is 6.81. The molecule has 0 heterocycles. The molecule has 1 aliphatic carbocycles. The molecule has 3 rings (SSSR count). The van der Waals surface area contributed by atoms with Gasteiger partial charge in [-0.05, 0) is 42.0 Å². The number of hydrogen-bond acceptors (Lipinski definition) is 1. The van der Waals surface area contributed by atoms with E-state index in [0.717, 1.165) is 6.61 Å². The van der Waals surface area contributed by atoms with Gasteiger partial charge in [-0.1, -0.05) is 86.7 Å². The van der Waals surface area contributed by atoms with Crippen LogP contribution in [0.15, 0.2) is 72.8 Å². The van der Waals surface area contributed by atoms with Crippen molar-refractivity contribution in [3.05, 3.63) is 72.8 Å². The van der Waals surface area contributed by atoms with Crippen molar-refractivity contribution in [3.63, 3.8) is 0 Å². The Morgan fingerprint density at radius 1 is 0.960 bits per heavy atom. The fourth-order valence-electron chi connectivity index (χ4n) is 4.45. The Kier molecular flexibility index (Phi) is 5.92. The monoisotopic (exact) mass is 350 g/mol. The van der Waals surface area contributed by atoms with Crippen LogP contribution in [0.1, 0.15) is 33.6 Å². The highest BCUT2D eigenvalue weighted by Gasteiger charge is 2.49. The van der Waals surface area contributed by atoms with Crippen LogP contribution in [0.3, 0.4) is 0 Å². The zero-order valence-electron chi connectivity index (χ0n) is 15.7. The van der Waals surface area contributed by atoms with E-state index in [9.17, 15) is 0 Å². The van der Waals surface area contributed by atoms with E-state index in [1.807, 2.05) is 0 Å². The molecule has 2 atom stereocenters. The van der Waals surface area contributed by atoms with Gasteiger partial charge in [-0.15, -0.1) is 0 Å². The van der Waals surface area contributed by atoms with Gasteiger partial charge in [0.05, 0.1) is 0 Å². The fourth-order valence-corrected chi connectivity index (χ4v) is 9.47. The van der Waals surface area contributed by atoms with Gasteiger partial charge in [0.2, 0.25) is 0 Å². The Bertz CT molecular complexity index is 638. The summed E-state index contributed by atoms with van der Waals surface area (Å²) >= 11 is 0. The summed E-state index contributed by atoms with van der Waals surface area (Å²) in [6.07, 6.45) is 7.33. The molecule has 25 heavy (non-hydrogen) atoms. The molecule has 1 aliphatic rings. The summed E-state index contributed by atoms with van der Waals surface area (Å²) in [5.41, 5.74) is 0.478. The summed E-state index contributed by atoms with van der Waals surface area (Å²) < 4.78 is 6.81. The summed E-state index contributed by atoms with van der Waals surface area (Å²) in [4.78, 5) is 0. The highest BCUT2D eigenvalue weighted by atomic mass is 28.4. The van der Waals surface area contributed by atoms with Crippen molar-refractivity contribution in [2.24, 2.45) is 11.8 Å². The van der Waals surface area contributed by atoms with Crippen LogP contribution >= 0.6 is 0 Å². The molecule has 0 spiro atoms. The van der Waals surface area contributed by atoms with Crippen LogP contribution in [-0.2, 0) is 4.43 Å². The third-order valence-electron chi connectivity index (χ3n) is 5.57. The van der Waals surface area contributed by atoms with Crippen LogP contribution in [0.25, 0.3) is 0 Å². The van der Waals surface area contributed by atoms with E-state index >= 15 is 0 Å². The van der Waals surface area contributed by atoms with Crippen LogP contribution in [-0.4, -0.2) is 14.9 Å². The van der Waals surface area contributed by atoms with Crippen LogP contribution in [0, 0.1) is 11.8 Å². The summed E-state index contributed by atoms with van der Waals surface area (Å²) in [7, 11) is -2.36. The zero-order chi connectivity index (χ0) is 17.7. The van der Waals surface area contributed by atoms with E-state index in [1.165, 1.54) is 23.2 Å². The number of allylic oxidation sites excluding steroid dienone is 2. The lowest BCUT2D eigenvalue weighted by molar-refractivity contribution is 0.291. The molecule has 0 amide bonds. The zero-order valence-corrected chi connectivity index (χ0v) is 16.7. The predicted octanol–water partition coefficient (Wildman–Crippen LogP) is 4.78. The van der Waals surface area contributed by atoms with Crippen LogP contribution in [0.5, 0.6) is 0 Å². The van der Waals surface area contributed by atoms with E-state index in [-0.39, 0.29) is 0 Å². The van der Waals surface area contributed by atoms with Gasteiger partial charge in [0.15, 0.2) is 0 Å². The molecule has 0 aromatic heterocycles. The first-order chi connectivity index (χ1) is 12.2. The van der Waals surface area contributed by atoms with E-state index in [2.05, 4.69) is 93.6 Å². The summed E-state index contributed by atoms with van der Waals surface area (Å²) in [5.74, 6) is 1.33. The Hall–Kier alpha value is -1.64. The lowest BCUT2D eigenvalue weighted by atomic mass is 9.84. The molecule has 132 valence electrons. The molecular weight excluding hydrogens is 320 g/mol. The van der Waals surface area contributed by atoms with Gasteiger partial charge in [0.25, 0.3) is 8.32 Å². The molecule has 0 N–H and O–H groups in total. The third-order valence-corrected chi connectivity index (χ3v) is 10.3. The van der Waals surface area contributed by atoms with Crippen LogP contribution in [0.4, 0.5) is 0 Å². The molecule has 0 fully saturated rings. The minimum atomic E-state index is -2.36. The van der Waals surface area contributed by atoms with Gasteiger partial charge in [-0.3, -0.25) is 0 Å². The average molecular weight is 351 g/mol. The number of hydrogen-bond donors (Lipinski definition) is 0. The minimum absolute atomic E-state index is 0.478. The second-order valence-corrected chi connectivity index (χ2v) is 10.9. The molecule has 0 saturated carbocycles. The second-order valence-electron chi connectivity index (χ2n) is 7.34. The summed E-state index contributed by atoms with van der Waals surface area (Å²) in [6, 6.07) is 22.0. The molecule has 2 aromatic carbocycles. The maximum absolute atomic E-state index is 6.81. The molecule has 0 aliphatic heterocycles. The van der Waals surface area contributed by atoms with Gasteiger partial charge >= 0.3 is 0 Å². The lowest BCUT2D eigenvalue weighted by Crippen LogP contribution is -2.65. The first-order valence-corrected chi connectivity index (χ1v) is 11.6. The normalized spacial score (nSPS) is 20.8. The van der Waals surface area contributed by atoms with Gasteiger partial charge in [0.1, 0.15) is 0 Å². The van der Waals surface area contributed by atoms with Crippen molar-refractivity contribution in [2.45, 2.75) is 39.2 Å². The maximum Gasteiger partial charge on any atom is 0.262 e. The SMILES string of the molecule is CCO[Si](c1ccccc1)(c1ccccc1)[C@H]1C=CCC[C@@H]1C(C)C. The molecule has 2 heteroatoms. The summed E-state index contributed by atoms with van der Waals surface area (Å²) in [5, 5.41) is 2.79. The van der Waals surface area contributed by atoms with Crippen LogP contribution < -0.4 is 10.4 Å². The lowest BCUT2D eigenvalue weighted by Gasteiger charge is -2.44. The second kappa shape index (κ2) is 8.16. The van der Waals surface area contributed by atoms with Gasteiger partial charge in [-0.25, -0.2) is 0 Å². The molecule has 0 unspecified atom stereocenters. The topological polar surface area (TPSA) is 9.23 Å². The van der Waals surface area contributed by atoms with Gasteiger partial charge in [0, 0.05) is 12.1 Å². The predicted molar refractivity (Wildman–Crippen MR) is 110 cm³/mol. The first-order valence-electron chi connectivity index (χ1n) is 9.61. The third kappa shape index (κ3) is 3.51. The van der Waals surface area contributed by atoms with E-state index < -0.39 is 8.32 Å². The van der Waals surface area contributed by atoms with Crippen molar-refractivity contribution >= 4 is 18.7 Å². The first kappa shape index (κ1) is 18.2. The quantitative estimate of drug-likeness (QED) is 0.538. The van der Waals surface area contributed by atoms with Crippen molar-refractivity contribution in [3.8, 4) is 0 Å². The average Bonchev–Trinajstić information content (AvgIpc) is 2.67. The Morgan fingerprint density at radius 2 is 1.52 bits per heavy atom. The highest BCUT2D eigenvalue weighted by Crippen LogP contribution is 2.42. The fraction of sp³-hybridized carbons (Fsp3) is 0.391. The molecule has 1 nitrogen and oxygen atoms in total. The van der Waals surface area contributed by atoms with E-state index in [1.54, 1.807) is 0 Å². The van der Waals surface area contributed by atoms with Crippen molar-refractivity contribution in [1.82, 2.24) is 0 Å². The van der Waals surface area contributed by atoms with Crippen LogP contribution in [0.2, 0.25) is 5.54 Å². The van der Waals surface area contributed by atoms with E-state index in [0.29, 0.717) is 17.4 Å². The van der Waals surface area contributed by atoms with Crippen molar-refractivity contribution in [1.29, 1.82) is 0 Å². The summed E-state index contributed by atoms with van der Waals surface area (Å²) in [6.45, 7) is 7.64. The molecule has 0 bridgehead atoms. The van der Waals surface area contributed by atoms with E-state index in [4.69, 9.17) is 4.43 Å². The van der Waals surface area contributed by atoms with Crippen molar-refractivity contribution in [2.75, 3.05) is 6.61 Å². The highest BCUT2D eigenvalue weighted by molar-refractivity contribution is 6.99. The molecule has 2 aromatic rings. The molecule has 0 radical (unpaired) electrons. The molecule has 0 saturated heterocycles. The smallest absolute Gasteiger partial charge is 0.262 e. The Labute approximate surface area is 153 Å². The Balaban J connectivity index is 2.23. The van der Waals surface area contributed by atoms with Gasteiger partial charge < -0.3 is 4.43 Å².